The summed E-state index contributed by atoms with van der Waals surface area (Å²) in [5, 5.41) is 4.52. The molecule has 0 spiro atoms. The minimum Gasteiger partial charge on any atom is -0.298 e. The highest BCUT2D eigenvalue weighted by Gasteiger charge is 2.15. The number of nitrogens with zero attached hydrogens (tertiary/aromatic N) is 2. The highest BCUT2D eigenvalue weighted by atomic mass is 16.7. The van der Waals surface area contributed by atoms with Crippen LogP contribution < -0.4 is 5.48 Å². The van der Waals surface area contributed by atoms with Crippen LogP contribution in [0.1, 0.15) is 57.7 Å². The van der Waals surface area contributed by atoms with Gasteiger partial charge in [0.05, 0.1) is 18.3 Å². The molecule has 0 bridgehead atoms. The molecule has 1 N–H and O–H groups in total. The van der Waals surface area contributed by atoms with Crippen molar-refractivity contribution in [1.29, 1.82) is 0 Å². The standard InChI is InChI=1S/C13H23N3O/c1-3-11(2)16-9-8-12(15-16)10-14-17-13-6-4-5-7-13/h8-9,11,13-14H,3-7,10H2,1-2H3. The second kappa shape index (κ2) is 6.17. The second-order valence-electron chi connectivity index (χ2n) is 4.89. The fourth-order valence-corrected chi connectivity index (χ4v) is 2.14. The predicted octanol–water partition coefficient (Wildman–Crippen LogP) is 2.82. The van der Waals surface area contributed by atoms with Crippen LogP contribution in [-0.4, -0.2) is 15.9 Å². The highest BCUT2D eigenvalue weighted by molar-refractivity contribution is 4.98. The summed E-state index contributed by atoms with van der Waals surface area (Å²) in [7, 11) is 0. The van der Waals surface area contributed by atoms with Gasteiger partial charge in [0.25, 0.3) is 0 Å². The number of hydrogen-bond donors (Lipinski definition) is 1. The molecule has 96 valence electrons. The average molecular weight is 237 g/mol. The van der Waals surface area contributed by atoms with Gasteiger partial charge in [-0.1, -0.05) is 19.8 Å². The van der Waals surface area contributed by atoms with Crippen LogP contribution in [0.5, 0.6) is 0 Å². The quantitative estimate of drug-likeness (QED) is 0.773. The fourth-order valence-electron chi connectivity index (χ4n) is 2.14. The van der Waals surface area contributed by atoms with Crippen LogP contribution in [0, 0.1) is 0 Å². The molecule has 0 amide bonds. The largest absolute Gasteiger partial charge is 0.298 e. The number of nitrogens with one attached hydrogen (secondary N) is 1. The molecule has 0 saturated heterocycles. The third-order valence-corrected chi connectivity index (χ3v) is 3.51. The first-order valence-corrected chi connectivity index (χ1v) is 6.72. The smallest absolute Gasteiger partial charge is 0.0790 e. The van der Waals surface area contributed by atoms with Crippen LogP contribution in [0.2, 0.25) is 0 Å². The molecule has 1 heterocycles. The van der Waals surface area contributed by atoms with Crippen molar-refractivity contribution in [1.82, 2.24) is 15.3 Å². The Morgan fingerprint density at radius 3 is 3.00 bits per heavy atom. The normalized spacial score (nSPS) is 18.7. The minimum absolute atomic E-state index is 0.409. The van der Waals surface area contributed by atoms with Crippen LogP contribution in [-0.2, 0) is 11.4 Å². The molecule has 1 aromatic rings. The van der Waals surface area contributed by atoms with Gasteiger partial charge in [0.15, 0.2) is 0 Å². The molecule has 1 fully saturated rings. The van der Waals surface area contributed by atoms with Crippen molar-refractivity contribution in [3.8, 4) is 0 Å². The second-order valence-corrected chi connectivity index (χ2v) is 4.89. The zero-order valence-electron chi connectivity index (χ0n) is 10.9. The van der Waals surface area contributed by atoms with Gasteiger partial charge in [-0.3, -0.25) is 9.52 Å². The number of hydroxylamine groups is 1. The first-order valence-electron chi connectivity index (χ1n) is 6.72. The predicted molar refractivity (Wildman–Crippen MR) is 67.4 cm³/mol. The molecule has 1 aliphatic rings. The maximum Gasteiger partial charge on any atom is 0.0790 e. The Morgan fingerprint density at radius 1 is 1.53 bits per heavy atom. The Morgan fingerprint density at radius 2 is 2.29 bits per heavy atom. The average Bonchev–Trinajstić information content (AvgIpc) is 2.99. The first-order chi connectivity index (χ1) is 8.29. The molecule has 0 radical (unpaired) electrons. The third kappa shape index (κ3) is 3.54. The van der Waals surface area contributed by atoms with E-state index in [4.69, 9.17) is 4.84 Å². The van der Waals surface area contributed by atoms with E-state index in [9.17, 15) is 0 Å². The van der Waals surface area contributed by atoms with Crippen molar-refractivity contribution < 1.29 is 4.84 Å². The highest BCUT2D eigenvalue weighted by Crippen LogP contribution is 2.19. The maximum atomic E-state index is 5.60. The molecule has 1 aromatic heterocycles. The number of aromatic nitrogens is 2. The zero-order valence-corrected chi connectivity index (χ0v) is 10.9. The molecule has 1 saturated carbocycles. The summed E-state index contributed by atoms with van der Waals surface area (Å²) in [4.78, 5) is 5.60. The van der Waals surface area contributed by atoms with Gasteiger partial charge in [0.1, 0.15) is 0 Å². The topological polar surface area (TPSA) is 39.1 Å². The molecule has 4 nitrogen and oxygen atoms in total. The lowest BCUT2D eigenvalue weighted by atomic mass is 10.3. The Balaban J connectivity index is 1.73. The van der Waals surface area contributed by atoms with Gasteiger partial charge in [0, 0.05) is 12.2 Å². The molecule has 1 aliphatic carbocycles. The van der Waals surface area contributed by atoms with Crippen LogP contribution in [0.15, 0.2) is 12.3 Å². The van der Waals surface area contributed by atoms with E-state index in [1.165, 1.54) is 25.7 Å². The number of rotatable bonds is 6. The van der Waals surface area contributed by atoms with Crippen molar-refractivity contribution in [2.45, 2.75) is 64.6 Å². The molecule has 2 rings (SSSR count). The van der Waals surface area contributed by atoms with Crippen molar-refractivity contribution in [3.05, 3.63) is 18.0 Å². The van der Waals surface area contributed by atoms with E-state index in [-0.39, 0.29) is 0 Å². The Labute approximate surface area is 103 Å². The molecule has 1 atom stereocenters. The van der Waals surface area contributed by atoms with E-state index in [2.05, 4.69) is 30.5 Å². The minimum atomic E-state index is 0.409. The van der Waals surface area contributed by atoms with Gasteiger partial charge >= 0.3 is 0 Å². The summed E-state index contributed by atoms with van der Waals surface area (Å²) in [6.45, 7) is 5.05. The zero-order chi connectivity index (χ0) is 12.1. The van der Waals surface area contributed by atoms with Crippen LogP contribution in [0.25, 0.3) is 0 Å². The Kier molecular flexibility index (Phi) is 4.57. The van der Waals surface area contributed by atoms with E-state index in [1.54, 1.807) is 0 Å². The fraction of sp³-hybridized carbons (Fsp3) is 0.769. The van der Waals surface area contributed by atoms with Gasteiger partial charge in [-0.05, 0) is 32.3 Å². The van der Waals surface area contributed by atoms with Crippen molar-refractivity contribution in [2.24, 2.45) is 0 Å². The van der Waals surface area contributed by atoms with Crippen molar-refractivity contribution >= 4 is 0 Å². The molecule has 0 aromatic carbocycles. The summed E-state index contributed by atoms with van der Waals surface area (Å²) < 4.78 is 2.02. The maximum absolute atomic E-state index is 5.60. The summed E-state index contributed by atoms with van der Waals surface area (Å²) >= 11 is 0. The molecule has 1 unspecified atom stereocenters. The lowest BCUT2D eigenvalue weighted by Gasteiger charge is -2.11. The molecule has 17 heavy (non-hydrogen) atoms. The number of hydrogen-bond acceptors (Lipinski definition) is 3. The molecule has 0 aliphatic heterocycles. The van der Waals surface area contributed by atoms with Gasteiger partial charge in [0.2, 0.25) is 0 Å². The van der Waals surface area contributed by atoms with E-state index < -0.39 is 0 Å². The monoisotopic (exact) mass is 237 g/mol. The lowest BCUT2D eigenvalue weighted by molar-refractivity contribution is -0.0249. The lowest BCUT2D eigenvalue weighted by Crippen LogP contribution is -2.21. The SMILES string of the molecule is CCC(C)n1ccc(CNOC2CCCC2)n1. The van der Waals surface area contributed by atoms with Crippen LogP contribution in [0.3, 0.4) is 0 Å². The third-order valence-electron chi connectivity index (χ3n) is 3.51. The molecule has 4 heteroatoms. The molecular weight excluding hydrogens is 214 g/mol. The van der Waals surface area contributed by atoms with Gasteiger partial charge in [-0.25, -0.2) is 0 Å². The Bertz CT molecular complexity index is 331. The van der Waals surface area contributed by atoms with E-state index in [0.29, 0.717) is 18.7 Å². The summed E-state index contributed by atoms with van der Waals surface area (Å²) in [5.74, 6) is 0. The van der Waals surface area contributed by atoms with E-state index in [1.807, 2.05) is 10.9 Å². The van der Waals surface area contributed by atoms with Gasteiger partial charge < -0.3 is 0 Å². The van der Waals surface area contributed by atoms with Crippen LogP contribution in [0.4, 0.5) is 0 Å². The summed E-state index contributed by atoms with van der Waals surface area (Å²) in [6, 6.07) is 2.52. The van der Waals surface area contributed by atoms with E-state index in [0.717, 1.165) is 12.1 Å². The molecular formula is C13H23N3O. The van der Waals surface area contributed by atoms with Crippen molar-refractivity contribution in [3.63, 3.8) is 0 Å². The first kappa shape index (κ1) is 12.6. The van der Waals surface area contributed by atoms with Gasteiger partial charge in [-0.2, -0.15) is 10.6 Å². The Hall–Kier alpha value is -0.870. The van der Waals surface area contributed by atoms with Crippen molar-refractivity contribution in [2.75, 3.05) is 0 Å². The van der Waals surface area contributed by atoms with Gasteiger partial charge in [-0.15, -0.1) is 0 Å². The summed E-state index contributed by atoms with van der Waals surface area (Å²) in [5.41, 5.74) is 4.08. The van der Waals surface area contributed by atoms with Crippen LogP contribution >= 0.6 is 0 Å². The summed E-state index contributed by atoms with van der Waals surface area (Å²) in [6.07, 6.45) is 8.53. The van der Waals surface area contributed by atoms with E-state index >= 15 is 0 Å².